The first kappa shape index (κ1) is 20.4. The summed E-state index contributed by atoms with van der Waals surface area (Å²) in [5.41, 5.74) is 2.30. The van der Waals surface area contributed by atoms with E-state index in [0.717, 1.165) is 28.4 Å². The lowest BCUT2D eigenvalue weighted by Crippen LogP contribution is -2.32. The molecule has 0 saturated carbocycles. The summed E-state index contributed by atoms with van der Waals surface area (Å²) >= 11 is 6.89. The van der Waals surface area contributed by atoms with Crippen LogP contribution in [0.5, 0.6) is 5.75 Å². The summed E-state index contributed by atoms with van der Waals surface area (Å²) in [4.78, 5) is 18.5. The molecular weight excluding hydrogens is 394 g/mol. The van der Waals surface area contributed by atoms with Gasteiger partial charge in [0.25, 0.3) is 5.91 Å². The fourth-order valence-electron chi connectivity index (χ4n) is 2.70. The number of amides is 1. The SMILES string of the molecule is CCOCCCN1C(=O)C(=Cc2ccc(OCc3csc(C)n3)cc2)NC1=S. The van der Waals surface area contributed by atoms with Crippen LogP contribution in [0, 0.1) is 6.92 Å². The summed E-state index contributed by atoms with van der Waals surface area (Å²) in [6, 6.07) is 7.57. The Morgan fingerprint density at radius 1 is 1.32 bits per heavy atom. The van der Waals surface area contributed by atoms with Crippen molar-refractivity contribution >= 4 is 40.7 Å². The maximum absolute atomic E-state index is 12.5. The number of nitrogens with one attached hydrogen (secondary N) is 1. The van der Waals surface area contributed by atoms with Gasteiger partial charge in [-0.1, -0.05) is 12.1 Å². The summed E-state index contributed by atoms with van der Waals surface area (Å²) in [5, 5.41) is 6.45. The number of aromatic nitrogens is 1. The van der Waals surface area contributed by atoms with Gasteiger partial charge in [-0.3, -0.25) is 9.69 Å². The lowest BCUT2D eigenvalue weighted by Gasteiger charge is -2.13. The van der Waals surface area contributed by atoms with Crippen LogP contribution in [0.2, 0.25) is 0 Å². The van der Waals surface area contributed by atoms with Gasteiger partial charge in [-0.25, -0.2) is 4.98 Å². The molecule has 2 heterocycles. The molecule has 1 fully saturated rings. The van der Waals surface area contributed by atoms with Gasteiger partial charge in [-0.15, -0.1) is 11.3 Å². The van der Waals surface area contributed by atoms with E-state index < -0.39 is 0 Å². The molecule has 1 aromatic carbocycles. The van der Waals surface area contributed by atoms with Crippen LogP contribution in [0.4, 0.5) is 0 Å². The van der Waals surface area contributed by atoms with Gasteiger partial charge < -0.3 is 14.8 Å². The van der Waals surface area contributed by atoms with Crippen molar-refractivity contribution in [2.75, 3.05) is 19.8 Å². The summed E-state index contributed by atoms with van der Waals surface area (Å²) in [6.45, 7) is 6.19. The molecule has 2 aromatic rings. The van der Waals surface area contributed by atoms with Crippen LogP contribution in [-0.2, 0) is 16.1 Å². The Morgan fingerprint density at radius 3 is 2.79 bits per heavy atom. The fraction of sp³-hybridized carbons (Fsp3) is 0.350. The molecule has 6 nitrogen and oxygen atoms in total. The van der Waals surface area contributed by atoms with Crippen LogP contribution in [-0.4, -0.2) is 40.7 Å². The number of hydrogen-bond acceptors (Lipinski definition) is 6. The van der Waals surface area contributed by atoms with Gasteiger partial charge in [-0.2, -0.15) is 0 Å². The first-order chi connectivity index (χ1) is 13.6. The van der Waals surface area contributed by atoms with Crippen molar-refractivity contribution in [3.05, 3.63) is 51.6 Å². The molecule has 0 atom stereocenters. The molecule has 3 rings (SSSR count). The van der Waals surface area contributed by atoms with E-state index in [9.17, 15) is 4.79 Å². The quantitative estimate of drug-likeness (QED) is 0.383. The summed E-state index contributed by atoms with van der Waals surface area (Å²) in [5.74, 6) is 0.646. The van der Waals surface area contributed by atoms with Crippen molar-refractivity contribution in [1.82, 2.24) is 15.2 Å². The van der Waals surface area contributed by atoms with Gasteiger partial charge >= 0.3 is 0 Å². The van der Waals surface area contributed by atoms with Crippen LogP contribution in [0.15, 0.2) is 35.3 Å². The Labute approximate surface area is 174 Å². The van der Waals surface area contributed by atoms with Gasteiger partial charge in [0, 0.05) is 25.1 Å². The molecule has 1 N–H and O–H groups in total. The summed E-state index contributed by atoms with van der Waals surface area (Å²) < 4.78 is 11.1. The number of thiocarbonyl (C=S) groups is 1. The number of benzene rings is 1. The zero-order chi connectivity index (χ0) is 19.9. The number of ether oxygens (including phenoxy) is 2. The third-order valence-corrected chi connectivity index (χ3v) is 5.23. The van der Waals surface area contributed by atoms with Crippen molar-refractivity contribution in [2.24, 2.45) is 0 Å². The van der Waals surface area contributed by atoms with E-state index in [1.165, 1.54) is 0 Å². The smallest absolute Gasteiger partial charge is 0.276 e. The monoisotopic (exact) mass is 417 g/mol. The van der Waals surface area contributed by atoms with Crippen molar-refractivity contribution < 1.29 is 14.3 Å². The standard InChI is InChI=1S/C20H23N3O3S2/c1-3-25-10-4-9-23-19(24)18(22-20(23)27)11-15-5-7-17(8-6-15)26-12-16-13-28-14(2)21-16/h5-8,11,13H,3-4,9-10,12H2,1-2H3,(H,22,27). The molecule has 1 saturated heterocycles. The van der Waals surface area contributed by atoms with Crippen LogP contribution in [0.1, 0.15) is 29.6 Å². The minimum absolute atomic E-state index is 0.110. The Hall–Kier alpha value is -2.29. The number of aryl methyl sites for hydroxylation is 1. The Morgan fingerprint density at radius 2 is 2.11 bits per heavy atom. The van der Waals surface area contributed by atoms with E-state index in [0.29, 0.717) is 37.2 Å². The van der Waals surface area contributed by atoms with Crippen molar-refractivity contribution in [1.29, 1.82) is 0 Å². The van der Waals surface area contributed by atoms with Crippen molar-refractivity contribution in [3.8, 4) is 5.75 Å². The number of carbonyl (C=O) groups excluding carboxylic acids is 1. The second-order valence-corrected chi connectivity index (χ2v) is 7.66. The Bertz CT molecular complexity index is 862. The highest BCUT2D eigenvalue weighted by Gasteiger charge is 2.29. The maximum Gasteiger partial charge on any atom is 0.276 e. The highest BCUT2D eigenvalue weighted by atomic mass is 32.1. The average molecular weight is 418 g/mol. The predicted molar refractivity (Wildman–Crippen MR) is 114 cm³/mol. The second-order valence-electron chi connectivity index (χ2n) is 6.21. The van der Waals surface area contributed by atoms with Gasteiger partial charge in [0.1, 0.15) is 18.1 Å². The number of thiazole rings is 1. The van der Waals surface area contributed by atoms with Crippen molar-refractivity contribution in [3.63, 3.8) is 0 Å². The average Bonchev–Trinajstić information content (AvgIpc) is 3.22. The van der Waals surface area contributed by atoms with Crippen molar-refractivity contribution in [2.45, 2.75) is 26.9 Å². The van der Waals surface area contributed by atoms with E-state index in [1.807, 2.05) is 43.5 Å². The predicted octanol–water partition coefficient (Wildman–Crippen LogP) is 3.51. The van der Waals surface area contributed by atoms with E-state index in [2.05, 4.69) is 10.3 Å². The molecule has 0 unspecified atom stereocenters. The molecule has 28 heavy (non-hydrogen) atoms. The largest absolute Gasteiger partial charge is 0.487 e. The second kappa shape index (κ2) is 9.77. The minimum Gasteiger partial charge on any atom is -0.487 e. The molecule has 1 amide bonds. The van der Waals surface area contributed by atoms with Crippen LogP contribution < -0.4 is 10.1 Å². The molecule has 1 aliphatic heterocycles. The summed E-state index contributed by atoms with van der Waals surface area (Å²) in [7, 11) is 0. The van der Waals surface area contributed by atoms with E-state index >= 15 is 0 Å². The Kier molecular flexibility index (Phi) is 7.13. The Balaban J connectivity index is 1.57. The number of hydrogen-bond donors (Lipinski definition) is 1. The van der Waals surface area contributed by atoms with Crippen LogP contribution in [0.25, 0.3) is 6.08 Å². The van der Waals surface area contributed by atoms with Gasteiger partial charge in [0.15, 0.2) is 5.11 Å². The zero-order valence-corrected chi connectivity index (χ0v) is 17.6. The first-order valence-corrected chi connectivity index (χ1v) is 10.4. The topological polar surface area (TPSA) is 63.7 Å². The number of carbonyl (C=O) groups is 1. The first-order valence-electron chi connectivity index (χ1n) is 9.13. The van der Waals surface area contributed by atoms with Crippen LogP contribution in [0.3, 0.4) is 0 Å². The molecule has 1 aliphatic rings. The normalized spacial score (nSPS) is 15.4. The van der Waals surface area contributed by atoms with E-state index in [-0.39, 0.29) is 5.91 Å². The number of nitrogens with zero attached hydrogens (tertiary/aromatic N) is 2. The lowest BCUT2D eigenvalue weighted by molar-refractivity contribution is -0.122. The van der Waals surface area contributed by atoms with Gasteiger partial charge in [-0.05, 0) is 56.3 Å². The van der Waals surface area contributed by atoms with Crippen LogP contribution >= 0.6 is 23.6 Å². The third-order valence-electron chi connectivity index (χ3n) is 4.08. The van der Waals surface area contributed by atoms with E-state index in [1.54, 1.807) is 22.3 Å². The highest BCUT2D eigenvalue weighted by molar-refractivity contribution is 7.80. The number of rotatable bonds is 9. The molecule has 8 heteroatoms. The van der Waals surface area contributed by atoms with E-state index in [4.69, 9.17) is 21.7 Å². The van der Waals surface area contributed by atoms with Gasteiger partial charge in [0.2, 0.25) is 0 Å². The summed E-state index contributed by atoms with van der Waals surface area (Å²) in [6.07, 6.45) is 2.55. The zero-order valence-electron chi connectivity index (χ0n) is 15.9. The highest BCUT2D eigenvalue weighted by Crippen LogP contribution is 2.19. The maximum atomic E-state index is 12.5. The van der Waals surface area contributed by atoms with Gasteiger partial charge in [0.05, 0.1) is 10.7 Å². The molecule has 0 bridgehead atoms. The minimum atomic E-state index is -0.110. The molecule has 0 spiro atoms. The molecule has 0 aliphatic carbocycles. The molecular formula is C20H23N3O3S2. The molecule has 0 radical (unpaired) electrons. The molecule has 148 valence electrons. The lowest BCUT2D eigenvalue weighted by atomic mass is 10.2. The molecule has 1 aromatic heterocycles. The third kappa shape index (κ3) is 5.37. The fourth-order valence-corrected chi connectivity index (χ4v) is 3.58.